The maximum atomic E-state index is 12.1. The van der Waals surface area contributed by atoms with Crippen molar-refractivity contribution in [3.63, 3.8) is 0 Å². The molecule has 3 N–H and O–H groups in total. The van der Waals surface area contributed by atoms with Crippen molar-refractivity contribution in [3.05, 3.63) is 69.8 Å². The first-order chi connectivity index (χ1) is 15.6. The summed E-state index contributed by atoms with van der Waals surface area (Å²) in [5.41, 5.74) is 3.34. The van der Waals surface area contributed by atoms with E-state index in [4.69, 9.17) is 14.9 Å². The zero-order valence-corrected chi connectivity index (χ0v) is 20.2. The molecular formula is C25H44N2O5. The van der Waals surface area contributed by atoms with Crippen LogP contribution in [0.4, 0.5) is 5.69 Å². The van der Waals surface area contributed by atoms with Gasteiger partial charge in [0.05, 0.1) is 18.9 Å². The SMILES string of the molecule is C=C.C=C.C=C.CCCCC1C(=O)NN(c2ccccc2)C1=O.CCOCC.OCCO. The average Bonchev–Trinajstić information content (AvgIpc) is 3.16. The molecule has 0 bridgehead atoms. The van der Waals surface area contributed by atoms with Gasteiger partial charge in [0.25, 0.3) is 11.8 Å². The number of anilines is 1. The number of nitrogens with zero attached hydrogens (tertiary/aromatic N) is 1. The van der Waals surface area contributed by atoms with Crippen molar-refractivity contribution in [2.24, 2.45) is 5.92 Å². The molecule has 7 heteroatoms. The van der Waals surface area contributed by atoms with Crippen LogP contribution < -0.4 is 10.4 Å². The molecule has 7 nitrogen and oxygen atoms in total. The van der Waals surface area contributed by atoms with E-state index in [2.05, 4.69) is 44.9 Å². The first kappa shape index (κ1) is 36.6. The topological polar surface area (TPSA) is 99.1 Å². The monoisotopic (exact) mass is 452 g/mol. The predicted molar refractivity (Wildman–Crippen MR) is 135 cm³/mol. The lowest BCUT2D eigenvalue weighted by Gasteiger charge is -2.14. The van der Waals surface area contributed by atoms with Crippen LogP contribution in [0.1, 0.15) is 40.0 Å². The zero-order chi connectivity index (χ0) is 25.8. The fourth-order valence-electron chi connectivity index (χ4n) is 2.15. The van der Waals surface area contributed by atoms with E-state index in [1.807, 2.05) is 39.0 Å². The number of carbonyl (C=O) groups excluding carboxylic acids is 2. The molecule has 1 fully saturated rings. The first-order valence-corrected chi connectivity index (χ1v) is 10.6. The van der Waals surface area contributed by atoms with Crippen molar-refractivity contribution in [1.29, 1.82) is 0 Å². The molecule has 1 aliphatic rings. The highest BCUT2D eigenvalue weighted by Crippen LogP contribution is 2.22. The molecule has 1 aliphatic heterocycles. The number of aliphatic hydroxyl groups is 2. The van der Waals surface area contributed by atoms with Crippen LogP contribution in [0.15, 0.2) is 69.8 Å². The minimum absolute atomic E-state index is 0.125. The second-order valence-electron chi connectivity index (χ2n) is 5.41. The minimum atomic E-state index is -0.518. The molecule has 2 rings (SSSR count). The maximum Gasteiger partial charge on any atom is 0.258 e. The Labute approximate surface area is 195 Å². The summed E-state index contributed by atoms with van der Waals surface area (Å²) < 4.78 is 4.83. The van der Waals surface area contributed by atoms with Gasteiger partial charge in [-0.1, -0.05) is 38.0 Å². The molecule has 0 spiro atoms. The number of aliphatic hydroxyl groups excluding tert-OH is 2. The Morgan fingerprint density at radius 2 is 1.38 bits per heavy atom. The standard InChI is InChI=1S/C13H16N2O2.C4H10O.C2H6O2.3C2H4/c1-2-3-9-11-12(16)14-15(13(11)17)10-7-5-4-6-8-10;1-3-5-4-2;3-1-2-4;3*1-2/h4-8,11H,2-3,9H2,1H3,(H,14,16);3-4H2,1-2H3;3-4H,1-2H2;3*1-2H2. The molecule has 1 atom stereocenters. The van der Waals surface area contributed by atoms with E-state index in [9.17, 15) is 9.59 Å². The maximum absolute atomic E-state index is 12.1. The summed E-state index contributed by atoms with van der Waals surface area (Å²) in [7, 11) is 0. The van der Waals surface area contributed by atoms with Crippen LogP contribution in [0.2, 0.25) is 0 Å². The summed E-state index contributed by atoms with van der Waals surface area (Å²) >= 11 is 0. The van der Waals surface area contributed by atoms with Crippen molar-refractivity contribution in [3.8, 4) is 0 Å². The number of nitrogens with one attached hydrogen (secondary N) is 1. The van der Waals surface area contributed by atoms with Crippen molar-refractivity contribution in [1.82, 2.24) is 5.43 Å². The first-order valence-electron chi connectivity index (χ1n) is 10.6. The highest BCUT2D eigenvalue weighted by molar-refractivity contribution is 6.14. The van der Waals surface area contributed by atoms with Crippen LogP contribution in [0, 0.1) is 5.92 Å². The van der Waals surface area contributed by atoms with Gasteiger partial charge < -0.3 is 14.9 Å². The van der Waals surface area contributed by atoms with Gasteiger partial charge in [-0.15, -0.1) is 39.5 Å². The van der Waals surface area contributed by atoms with Crippen molar-refractivity contribution in [2.75, 3.05) is 31.4 Å². The number of hydrogen-bond acceptors (Lipinski definition) is 5. The molecule has 2 amide bonds. The number of unbranched alkanes of at least 4 members (excludes halogenated alkanes) is 1. The lowest BCUT2D eigenvalue weighted by molar-refractivity contribution is -0.127. The van der Waals surface area contributed by atoms with E-state index in [1.54, 1.807) is 12.1 Å². The largest absolute Gasteiger partial charge is 0.394 e. The summed E-state index contributed by atoms with van der Waals surface area (Å²) in [5.74, 6) is -0.850. The molecule has 0 saturated carbocycles. The third kappa shape index (κ3) is 18.1. The van der Waals surface area contributed by atoms with Crippen LogP contribution in [-0.4, -0.2) is 48.5 Å². The molecule has 0 radical (unpaired) electrons. The second kappa shape index (κ2) is 30.5. The van der Waals surface area contributed by atoms with Crippen LogP contribution in [0.3, 0.4) is 0 Å². The Morgan fingerprint density at radius 1 is 0.906 bits per heavy atom. The molecule has 184 valence electrons. The van der Waals surface area contributed by atoms with Crippen molar-refractivity contribution < 1.29 is 24.5 Å². The lowest BCUT2D eigenvalue weighted by atomic mass is 10.0. The van der Waals surface area contributed by atoms with Gasteiger partial charge in [-0.3, -0.25) is 15.0 Å². The predicted octanol–water partition coefficient (Wildman–Crippen LogP) is 4.29. The van der Waals surface area contributed by atoms with Crippen LogP contribution >= 0.6 is 0 Å². The molecule has 1 heterocycles. The number of hydrogen-bond donors (Lipinski definition) is 3. The number of para-hydroxylation sites is 1. The average molecular weight is 453 g/mol. The van der Waals surface area contributed by atoms with Crippen molar-refractivity contribution in [2.45, 2.75) is 40.0 Å². The molecule has 1 saturated heterocycles. The van der Waals surface area contributed by atoms with E-state index >= 15 is 0 Å². The Hall–Kier alpha value is -2.74. The summed E-state index contributed by atoms with van der Waals surface area (Å²) in [4.78, 5) is 23.8. The lowest BCUT2D eigenvalue weighted by Crippen LogP contribution is -2.35. The second-order valence-corrected chi connectivity index (χ2v) is 5.41. The third-order valence-corrected chi connectivity index (χ3v) is 3.43. The normalized spacial score (nSPS) is 13.0. The van der Waals surface area contributed by atoms with E-state index in [-0.39, 0.29) is 25.0 Å². The highest BCUT2D eigenvalue weighted by Gasteiger charge is 2.39. The van der Waals surface area contributed by atoms with Gasteiger partial charge in [0, 0.05) is 13.2 Å². The number of benzene rings is 1. The molecule has 0 aromatic heterocycles. The van der Waals surface area contributed by atoms with Gasteiger partial charge in [-0.2, -0.15) is 0 Å². The minimum Gasteiger partial charge on any atom is -0.394 e. The number of ether oxygens (including phenoxy) is 1. The summed E-state index contributed by atoms with van der Waals surface area (Å²) in [5, 5.41) is 16.6. The van der Waals surface area contributed by atoms with E-state index in [0.717, 1.165) is 26.1 Å². The molecule has 1 aromatic carbocycles. The smallest absolute Gasteiger partial charge is 0.258 e. The Kier molecular flexibility index (Phi) is 34.9. The number of hydrazine groups is 1. The van der Waals surface area contributed by atoms with Gasteiger partial charge in [-0.05, 0) is 32.4 Å². The quantitative estimate of drug-likeness (QED) is 0.423. The van der Waals surface area contributed by atoms with Crippen LogP contribution in [0.25, 0.3) is 0 Å². The molecular weight excluding hydrogens is 408 g/mol. The van der Waals surface area contributed by atoms with Gasteiger partial charge in [0.1, 0.15) is 5.92 Å². The molecule has 1 aromatic rings. The van der Waals surface area contributed by atoms with Gasteiger partial charge in [0.2, 0.25) is 0 Å². The molecule has 0 aliphatic carbocycles. The van der Waals surface area contributed by atoms with E-state index < -0.39 is 5.92 Å². The Morgan fingerprint density at radius 3 is 1.72 bits per heavy atom. The fraction of sp³-hybridized carbons (Fsp3) is 0.440. The molecule has 1 unspecified atom stereocenters. The number of amides is 2. The van der Waals surface area contributed by atoms with Gasteiger partial charge >= 0.3 is 0 Å². The van der Waals surface area contributed by atoms with Crippen LogP contribution in [-0.2, 0) is 14.3 Å². The highest BCUT2D eigenvalue weighted by atomic mass is 16.5. The number of carbonyl (C=O) groups is 2. The fourth-order valence-corrected chi connectivity index (χ4v) is 2.15. The summed E-state index contributed by atoms with van der Waals surface area (Å²) in [6, 6.07) is 9.17. The molecule has 32 heavy (non-hydrogen) atoms. The van der Waals surface area contributed by atoms with Gasteiger partial charge in [-0.25, -0.2) is 5.01 Å². The van der Waals surface area contributed by atoms with Crippen LogP contribution in [0.5, 0.6) is 0 Å². The zero-order valence-electron chi connectivity index (χ0n) is 20.2. The van der Waals surface area contributed by atoms with E-state index in [1.165, 1.54) is 5.01 Å². The summed E-state index contributed by atoms with van der Waals surface area (Å²) in [6.07, 6.45) is 2.51. The van der Waals surface area contributed by atoms with Gasteiger partial charge in [0.15, 0.2) is 0 Å². The third-order valence-electron chi connectivity index (χ3n) is 3.43. The number of rotatable bonds is 7. The summed E-state index contributed by atoms with van der Waals surface area (Å²) in [6.45, 7) is 25.5. The van der Waals surface area contributed by atoms with E-state index in [0.29, 0.717) is 12.1 Å². The van der Waals surface area contributed by atoms with Crippen molar-refractivity contribution >= 4 is 17.5 Å². The Balaban J connectivity index is -0.000000218. The Bertz CT molecular complexity index is 532.